The van der Waals surface area contributed by atoms with E-state index in [4.69, 9.17) is 32.7 Å². The van der Waals surface area contributed by atoms with Gasteiger partial charge in [-0.1, -0.05) is 41.4 Å². The zero-order valence-electron chi connectivity index (χ0n) is 17.4. The largest absolute Gasteiger partial charge is 0.495 e. The van der Waals surface area contributed by atoms with Gasteiger partial charge in [0.25, 0.3) is 0 Å². The Balaban J connectivity index is 1.86. The maximum absolute atomic E-state index is 13.4. The lowest BCUT2D eigenvalue weighted by atomic mass is 10.0. The smallest absolute Gasteiger partial charge is 0.323 e. The standard InChI is InChI=1S/C22H25Cl2NO5S/c1-3-30-22(26)19-13-16(31(27,28)21-7-5-4-6-20(21)29-2)10-11-25(19)14-15-8-9-17(23)18(24)12-15/h4-9,12,16,19H,3,10-11,13-14H2,1-2H3. The number of benzene rings is 2. The number of sulfone groups is 1. The van der Waals surface area contributed by atoms with Crippen molar-refractivity contribution in [2.45, 2.75) is 42.5 Å². The van der Waals surface area contributed by atoms with Crippen LogP contribution >= 0.6 is 23.2 Å². The highest BCUT2D eigenvalue weighted by atomic mass is 35.5. The number of halogens is 2. The molecule has 2 aromatic carbocycles. The van der Waals surface area contributed by atoms with Gasteiger partial charge in [-0.2, -0.15) is 0 Å². The molecule has 1 aliphatic rings. The Morgan fingerprint density at radius 1 is 1.16 bits per heavy atom. The summed E-state index contributed by atoms with van der Waals surface area (Å²) in [6, 6.07) is 11.2. The molecule has 0 amide bonds. The number of carbonyl (C=O) groups excluding carboxylic acids is 1. The first-order chi connectivity index (χ1) is 14.8. The minimum atomic E-state index is -3.69. The van der Waals surface area contributed by atoms with E-state index >= 15 is 0 Å². The van der Waals surface area contributed by atoms with Crippen LogP contribution in [0.25, 0.3) is 0 Å². The molecule has 3 rings (SSSR count). The summed E-state index contributed by atoms with van der Waals surface area (Å²) < 4.78 is 37.2. The third kappa shape index (κ3) is 5.34. The number of nitrogens with zero attached hydrogens (tertiary/aromatic N) is 1. The van der Waals surface area contributed by atoms with Gasteiger partial charge in [0, 0.05) is 13.1 Å². The summed E-state index contributed by atoms with van der Waals surface area (Å²) in [6.07, 6.45) is 0.526. The van der Waals surface area contributed by atoms with Gasteiger partial charge in [-0.05, 0) is 49.6 Å². The minimum Gasteiger partial charge on any atom is -0.495 e. The van der Waals surface area contributed by atoms with Crippen molar-refractivity contribution in [2.75, 3.05) is 20.3 Å². The van der Waals surface area contributed by atoms with Crippen LogP contribution in [0.3, 0.4) is 0 Å². The van der Waals surface area contributed by atoms with Crippen LogP contribution in [0.4, 0.5) is 0 Å². The summed E-state index contributed by atoms with van der Waals surface area (Å²) in [6.45, 7) is 2.80. The fourth-order valence-corrected chi connectivity index (χ4v) is 6.07. The molecule has 168 valence electrons. The van der Waals surface area contributed by atoms with Crippen LogP contribution in [0.1, 0.15) is 25.3 Å². The number of carbonyl (C=O) groups is 1. The maximum Gasteiger partial charge on any atom is 0.323 e. The Morgan fingerprint density at radius 2 is 1.90 bits per heavy atom. The van der Waals surface area contributed by atoms with Crippen LogP contribution < -0.4 is 4.74 Å². The molecular formula is C22H25Cl2NO5S. The summed E-state index contributed by atoms with van der Waals surface area (Å²) in [4.78, 5) is 14.8. The van der Waals surface area contributed by atoms with Crippen molar-refractivity contribution < 1.29 is 22.7 Å². The first-order valence-electron chi connectivity index (χ1n) is 9.99. The van der Waals surface area contributed by atoms with Crippen LogP contribution in [-0.4, -0.2) is 50.8 Å². The normalized spacial score (nSPS) is 19.7. The Kier molecular flexibility index (Phi) is 7.86. The van der Waals surface area contributed by atoms with Crippen molar-refractivity contribution in [3.63, 3.8) is 0 Å². The molecule has 2 atom stereocenters. The highest BCUT2D eigenvalue weighted by Crippen LogP contribution is 2.34. The summed E-state index contributed by atoms with van der Waals surface area (Å²) in [5.41, 5.74) is 0.884. The van der Waals surface area contributed by atoms with E-state index in [0.29, 0.717) is 35.3 Å². The Bertz CT molecular complexity index is 1040. The molecule has 2 aromatic rings. The van der Waals surface area contributed by atoms with Crippen LogP contribution in [-0.2, 0) is 25.9 Å². The summed E-state index contributed by atoms with van der Waals surface area (Å²) in [5, 5.41) is 0.165. The van der Waals surface area contributed by atoms with Crippen LogP contribution in [0.5, 0.6) is 5.75 Å². The fraction of sp³-hybridized carbons (Fsp3) is 0.409. The summed E-state index contributed by atoms with van der Waals surface area (Å²) in [7, 11) is -2.25. The molecule has 0 aliphatic carbocycles. The monoisotopic (exact) mass is 485 g/mol. The molecule has 1 saturated heterocycles. The SMILES string of the molecule is CCOC(=O)C1CC(S(=O)(=O)c2ccccc2OC)CCN1Cc1ccc(Cl)c(Cl)c1. The number of methoxy groups -OCH3 is 1. The lowest BCUT2D eigenvalue weighted by Gasteiger charge is -2.37. The number of piperidine rings is 1. The zero-order valence-corrected chi connectivity index (χ0v) is 19.7. The van der Waals surface area contributed by atoms with Crippen molar-refractivity contribution in [1.29, 1.82) is 0 Å². The second-order valence-electron chi connectivity index (χ2n) is 7.33. The number of hydrogen-bond donors (Lipinski definition) is 0. The molecule has 0 aromatic heterocycles. The van der Waals surface area contributed by atoms with E-state index in [9.17, 15) is 13.2 Å². The number of rotatable bonds is 7. The van der Waals surface area contributed by atoms with E-state index in [1.54, 1.807) is 37.3 Å². The van der Waals surface area contributed by atoms with Gasteiger partial charge >= 0.3 is 5.97 Å². The first-order valence-corrected chi connectivity index (χ1v) is 12.3. The molecular weight excluding hydrogens is 461 g/mol. The van der Waals surface area contributed by atoms with E-state index in [0.717, 1.165) is 5.56 Å². The van der Waals surface area contributed by atoms with Crippen LogP contribution in [0, 0.1) is 0 Å². The lowest BCUT2D eigenvalue weighted by molar-refractivity contribution is -0.151. The molecule has 0 bridgehead atoms. The molecule has 0 saturated carbocycles. The molecule has 9 heteroatoms. The zero-order chi connectivity index (χ0) is 22.6. The summed E-state index contributed by atoms with van der Waals surface area (Å²) >= 11 is 12.1. The quantitative estimate of drug-likeness (QED) is 0.542. The van der Waals surface area contributed by atoms with Gasteiger partial charge in [0.2, 0.25) is 0 Å². The molecule has 31 heavy (non-hydrogen) atoms. The Morgan fingerprint density at radius 3 is 2.58 bits per heavy atom. The Hall–Kier alpha value is -1.80. The maximum atomic E-state index is 13.4. The van der Waals surface area contributed by atoms with Crippen molar-refractivity contribution in [3.8, 4) is 5.75 Å². The highest BCUT2D eigenvalue weighted by molar-refractivity contribution is 7.92. The van der Waals surface area contributed by atoms with Crippen LogP contribution in [0.2, 0.25) is 10.0 Å². The second-order valence-corrected chi connectivity index (χ2v) is 10.3. The molecule has 0 radical (unpaired) electrons. The highest BCUT2D eigenvalue weighted by Gasteiger charge is 2.41. The lowest BCUT2D eigenvalue weighted by Crippen LogP contribution is -2.50. The fourth-order valence-electron chi connectivity index (χ4n) is 3.84. The minimum absolute atomic E-state index is 0.139. The second kappa shape index (κ2) is 10.2. The van der Waals surface area contributed by atoms with Gasteiger partial charge in [-0.3, -0.25) is 9.69 Å². The molecule has 1 heterocycles. The van der Waals surface area contributed by atoms with E-state index in [2.05, 4.69) is 0 Å². The van der Waals surface area contributed by atoms with Crippen LogP contribution in [0.15, 0.2) is 47.4 Å². The van der Waals surface area contributed by atoms with Crippen molar-refractivity contribution in [1.82, 2.24) is 4.90 Å². The number of hydrogen-bond acceptors (Lipinski definition) is 6. The predicted octanol–water partition coefficient (Wildman–Crippen LogP) is 4.37. The topological polar surface area (TPSA) is 72.9 Å². The molecule has 0 spiro atoms. The summed E-state index contributed by atoms with van der Waals surface area (Å²) in [5.74, 6) is -0.129. The predicted molar refractivity (Wildman–Crippen MR) is 120 cm³/mol. The number of ether oxygens (including phenoxy) is 2. The van der Waals surface area contributed by atoms with E-state index in [1.807, 2.05) is 11.0 Å². The molecule has 6 nitrogen and oxygen atoms in total. The molecule has 1 aliphatic heterocycles. The van der Waals surface area contributed by atoms with Gasteiger partial charge < -0.3 is 9.47 Å². The third-order valence-electron chi connectivity index (χ3n) is 5.41. The molecule has 1 fully saturated rings. The van der Waals surface area contributed by atoms with Gasteiger partial charge in [-0.15, -0.1) is 0 Å². The van der Waals surface area contributed by atoms with E-state index in [-0.39, 0.29) is 17.9 Å². The van der Waals surface area contributed by atoms with E-state index in [1.165, 1.54) is 13.2 Å². The van der Waals surface area contributed by atoms with E-state index < -0.39 is 27.1 Å². The number of esters is 1. The average molecular weight is 486 g/mol. The van der Waals surface area contributed by atoms with Gasteiger partial charge in [0.05, 0.1) is 29.0 Å². The molecule has 0 N–H and O–H groups in total. The number of likely N-dealkylation sites (tertiary alicyclic amines) is 1. The van der Waals surface area contributed by atoms with Crippen molar-refractivity contribution >= 4 is 39.0 Å². The number of para-hydroxylation sites is 1. The van der Waals surface area contributed by atoms with Gasteiger partial charge in [0.1, 0.15) is 16.7 Å². The average Bonchev–Trinajstić information content (AvgIpc) is 2.76. The Labute approximate surface area is 193 Å². The third-order valence-corrected chi connectivity index (χ3v) is 8.40. The van der Waals surface area contributed by atoms with Gasteiger partial charge in [-0.25, -0.2) is 8.42 Å². The van der Waals surface area contributed by atoms with Crippen molar-refractivity contribution in [2.24, 2.45) is 0 Å². The van der Waals surface area contributed by atoms with Gasteiger partial charge in [0.15, 0.2) is 9.84 Å². The van der Waals surface area contributed by atoms with Crippen molar-refractivity contribution in [3.05, 3.63) is 58.1 Å². The first kappa shape index (κ1) is 23.9. The molecule has 2 unspecified atom stereocenters.